The number of hydrogen-bond donors (Lipinski definition) is 2. The van der Waals surface area contributed by atoms with Crippen LogP contribution in [0.15, 0.2) is 23.3 Å². The van der Waals surface area contributed by atoms with Gasteiger partial charge < -0.3 is 11.1 Å². The molecule has 0 fully saturated rings. The predicted octanol–water partition coefficient (Wildman–Crippen LogP) is 1.55. The molecule has 1 heterocycles. The van der Waals surface area contributed by atoms with Crippen molar-refractivity contribution in [3.8, 4) is 0 Å². The van der Waals surface area contributed by atoms with Gasteiger partial charge in [0.1, 0.15) is 0 Å². The first kappa shape index (κ1) is 11.8. The van der Waals surface area contributed by atoms with Gasteiger partial charge in [0.2, 0.25) is 0 Å². The molecule has 0 aromatic carbocycles. The van der Waals surface area contributed by atoms with Crippen LogP contribution in [0.1, 0.15) is 19.0 Å². The highest BCUT2D eigenvalue weighted by Gasteiger charge is 1.94. The fourth-order valence-corrected chi connectivity index (χ4v) is 1.09. The van der Waals surface area contributed by atoms with Gasteiger partial charge in [-0.3, -0.25) is 4.98 Å². The van der Waals surface area contributed by atoms with Crippen LogP contribution in [0.3, 0.4) is 0 Å². The standard InChI is InChI=1S/C10H15ClN4/c1-2-5-13-10(12)15-7-9-4-3-8(11)6-14-9/h3-4,6H,2,5,7H2,1H3,(H3,12,13,15). The lowest BCUT2D eigenvalue weighted by molar-refractivity contribution is 0.823. The summed E-state index contributed by atoms with van der Waals surface area (Å²) in [6.07, 6.45) is 2.62. The van der Waals surface area contributed by atoms with Gasteiger partial charge in [-0.1, -0.05) is 18.5 Å². The number of halogens is 1. The number of nitrogens with two attached hydrogens (primary N) is 1. The number of guanidine groups is 1. The van der Waals surface area contributed by atoms with Crippen molar-refractivity contribution in [3.63, 3.8) is 0 Å². The molecule has 1 rings (SSSR count). The van der Waals surface area contributed by atoms with Crippen molar-refractivity contribution in [1.82, 2.24) is 10.3 Å². The zero-order chi connectivity index (χ0) is 11.1. The molecular weight excluding hydrogens is 212 g/mol. The largest absolute Gasteiger partial charge is 0.370 e. The van der Waals surface area contributed by atoms with Crippen molar-refractivity contribution < 1.29 is 0 Å². The first-order valence-corrected chi connectivity index (χ1v) is 5.24. The third-order valence-corrected chi connectivity index (χ3v) is 1.98. The van der Waals surface area contributed by atoms with E-state index in [4.69, 9.17) is 17.3 Å². The van der Waals surface area contributed by atoms with Crippen LogP contribution in [0, 0.1) is 0 Å². The summed E-state index contributed by atoms with van der Waals surface area (Å²) in [5.41, 5.74) is 6.47. The monoisotopic (exact) mass is 226 g/mol. The van der Waals surface area contributed by atoms with Gasteiger partial charge in [0.05, 0.1) is 17.3 Å². The van der Waals surface area contributed by atoms with E-state index < -0.39 is 0 Å². The number of rotatable bonds is 4. The van der Waals surface area contributed by atoms with Gasteiger partial charge in [0.25, 0.3) is 0 Å². The summed E-state index contributed by atoms with van der Waals surface area (Å²) in [7, 11) is 0. The normalized spacial score (nSPS) is 11.5. The van der Waals surface area contributed by atoms with E-state index in [1.54, 1.807) is 12.3 Å². The SMILES string of the molecule is CCCNC(N)=NCc1ccc(Cl)cn1. The Morgan fingerprint density at radius 3 is 3.00 bits per heavy atom. The summed E-state index contributed by atoms with van der Waals surface area (Å²) in [5, 5.41) is 3.61. The second-order valence-electron chi connectivity index (χ2n) is 3.10. The fourth-order valence-electron chi connectivity index (χ4n) is 0.975. The average Bonchev–Trinajstić information content (AvgIpc) is 2.25. The lowest BCUT2D eigenvalue weighted by Crippen LogP contribution is -2.32. The number of aliphatic imine (C=N–C) groups is 1. The van der Waals surface area contributed by atoms with Crippen LogP contribution in [-0.4, -0.2) is 17.5 Å². The maximum atomic E-state index is 5.71. The maximum absolute atomic E-state index is 5.71. The molecule has 4 nitrogen and oxygen atoms in total. The molecule has 1 aromatic heterocycles. The van der Waals surface area contributed by atoms with Crippen LogP contribution in [-0.2, 0) is 6.54 Å². The molecule has 0 bridgehead atoms. The predicted molar refractivity (Wildman–Crippen MR) is 62.9 cm³/mol. The Labute approximate surface area is 94.6 Å². The van der Waals surface area contributed by atoms with E-state index in [-0.39, 0.29) is 0 Å². The van der Waals surface area contributed by atoms with Gasteiger partial charge in [-0.05, 0) is 18.6 Å². The molecule has 82 valence electrons. The number of hydrogen-bond acceptors (Lipinski definition) is 2. The second-order valence-corrected chi connectivity index (χ2v) is 3.53. The molecular formula is C10H15ClN4. The Kier molecular flexibility index (Phi) is 4.90. The van der Waals surface area contributed by atoms with Crippen LogP contribution >= 0.6 is 11.6 Å². The molecule has 0 saturated carbocycles. The molecule has 15 heavy (non-hydrogen) atoms. The van der Waals surface area contributed by atoms with Crippen molar-refractivity contribution in [2.75, 3.05) is 6.54 Å². The Hall–Kier alpha value is -1.29. The maximum Gasteiger partial charge on any atom is 0.188 e. The van der Waals surface area contributed by atoms with Gasteiger partial charge in [-0.15, -0.1) is 0 Å². The highest BCUT2D eigenvalue weighted by Crippen LogP contribution is 2.06. The highest BCUT2D eigenvalue weighted by molar-refractivity contribution is 6.30. The van der Waals surface area contributed by atoms with E-state index in [2.05, 4.69) is 22.2 Å². The van der Waals surface area contributed by atoms with Crippen molar-refractivity contribution in [2.45, 2.75) is 19.9 Å². The lowest BCUT2D eigenvalue weighted by Gasteiger charge is -2.02. The van der Waals surface area contributed by atoms with Crippen LogP contribution in [0.4, 0.5) is 0 Å². The van der Waals surface area contributed by atoms with Crippen molar-refractivity contribution in [2.24, 2.45) is 10.7 Å². The second kappa shape index (κ2) is 6.24. The van der Waals surface area contributed by atoms with E-state index in [0.29, 0.717) is 17.5 Å². The Morgan fingerprint density at radius 1 is 1.60 bits per heavy atom. The van der Waals surface area contributed by atoms with Crippen LogP contribution < -0.4 is 11.1 Å². The minimum absolute atomic E-state index is 0.452. The molecule has 0 aliphatic heterocycles. The number of nitrogens with zero attached hydrogens (tertiary/aromatic N) is 2. The van der Waals surface area contributed by atoms with Crippen molar-refractivity contribution in [1.29, 1.82) is 0 Å². The van der Waals surface area contributed by atoms with E-state index >= 15 is 0 Å². The quantitative estimate of drug-likeness (QED) is 0.605. The Balaban J connectivity index is 2.45. The summed E-state index contributed by atoms with van der Waals surface area (Å²) in [4.78, 5) is 8.25. The fraction of sp³-hybridized carbons (Fsp3) is 0.400. The van der Waals surface area contributed by atoms with Crippen LogP contribution in [0.5, 0.6) is 0 Å². The first-order chi connectivity index (χ1) is 7.22. The van der Waals surface area contributed by atoms with Gasteiger partial charge in [0.15, 0.2) is 5.96 Å². The number of aromatic nitrogens is 1. The summed E-state index contributed by atoms with van der Waals surface area (Å²) < 4.78 is 0. The Morgan fingerprint density at radius 2 is 2.40 bits per heavy atom. The van der Waals surface area contributed by atoms with Gasteiger partial charge in [-0.25, -0.2) is 4.99 Å². The van der Waals surface area contributed by atoms with Gasteiger partial charge in [0, 0.05) is 12.7 Å². The van der Waals surface area contributed by atoms with Crippen molar-refractivity contribution >= 4 is 17.6 Å². The van der Waals surface area contributed by atoms with Crippen LogP contribution in [0.2, 0.25) is 5.02 Å². The summed E-state index contributed by atoms with van der Waals surface area (Å²) in [6, 6.07) is 3.62. The Bertz CT molecular complexity index is 321. The van der Waals surface area contributed by atoms with Crippen molar-refractivity contribution in [3.05, 3.63) is 29.0 Å². The summed E-state index contributed by atoms with van der Waals surface area (Å²) in [5.74, 6) is 0.452. The number of nitrogens with one attached hydrogen (secondary N) is 1. The van der Waals surface area contributed by atoms with Gasteiger partial charge >= 0.3 is 0 Å². The molecule has 0 spiro atoms. The lowest BCUT2D eigenvalue weighted by atomic mass is 10.3. The average molecular weight is 227 g/mol. The summed E-state index contributed by atoms with van der Waals surface area (Å²) in [6.45, 7) is 3.38. The number of pyridine rings is 1. The first-order valence-electron chi connectivity index (χ1n) is 4.86. The molecule has 0 saturated heterocycles. The highest BCUT2D eigenvalue weighted by atomic mass is 35.5. The third kappa shape index (κ3) is 4.65. The van der Waals surface area contributed by atoms with E-state index in [1.165, 1.54) is 0 Å². The third-order valence-electron chi connectivity index (χ3n) is 1.76. The summed E-state index contributed by atoms with van der Waals surface area (Å²) >= 11 is 5.71. The topological polar surface area (TPSA) is 63.3 Å². The minimum atomic E-state index is 0.452. The molecule has 0 amide bonds. The zero-order valence-corrected chi connectivity index (χ0v) is 9.46. The minimum Gasteiger partial charge on any atom is -0.370 e. The molecule has 1 aromatic rings. The molecule has 0 radical (unpaired) electrons. The van der Waals surface area contributed by atoms with E-state index in [1.807, 2.05) is 6.07 Å². The molecule has 0 aliphatic rings. The zero-order valence-electron chi connectivity index (χ0n) is 8.70. The molecule has 0 aliphatic carbocycles. The molecule has 5 heteroatoms. The van der Waals surface area contributed by atoms with Crippen LogP contribution in [0.25, 0.3) is 0 Å². The smallest absolute Gasteiger partial charge is 0.188 e. The molecule has 0 unspecified atom stereocenters. The van der Waals surface area contributed by atoms with E-state index in [9.17, 15) is 0 Å². The van der Waals surface area contributed by atoms with E-state index in [0.717, 1.165) is 18.7 Å². The van der Waals surface area contributed by atoms with Gasteiger partial charge in [-0.2, -0.15) is 0 Å². The molecule has 0 atom stereocenters. The molecule has 3 N–H and O–H groups in total.